The number of hydrogen-bond donors (Lipinski definition) is 1. The molecule has 2 aliphatic rings. The second kappa shape index (κ2) is 20.5. The number of alkyl halides is 3. The Labute approximate surface area is 384 Å². The number of methoxy groups -OCH3 is 1. The number of aromatic nitrogens is 3. The summed E-state index contributed by atoms with van der Waals surface area (Å²) in [6.45, 7) is 0.767. The molecular formula is C45H52Cl2F4N8O6. The number of piperidine rings is 1. The van der Waals surface area contributed by atoms with E-state index in [-0.39, 0.29) is 48.2 Å². The summed E-state index contributed by atoms with van der Waals surface area (Å²) in [4.78, 5) is 72.2. The molecule has 1 N–H and O–H groups in total. The summed E-state index contributed by atoms with van der Waals surface area (Å²) in [5, 5.41) is 3.07. The van der Waals surface area contributed by atoms with Crippen molar-refractivity contribution in [1.29, 1.82) is 0 Å². The van der Waals surface area contributed by atoms with Gasteiger partial charge in [-0.2, -0.15) is 13.2 Å². The number of benzene rings is 2. The summed E-state index contributed by atoms with van der Waals surface area (Å²) in [5.74, 6) is -5.62. The fourth-order valence-electron chi connectivity index (χ4n) is 8.45. The summed E-state index contributed by atoms with van der Waals surface area (Å²) in [6, 6.07) is 9.51. The average Bonchev–Trinajstić information content (AvgIpc) is 3.60. The highest BCUT2D eigenvalue weighted by Crippen LogP contribution is 2.37. The van der Waals surface area contributed by atoms with Gasteiger partial charge < -0.3 is 39.0 Å². The number of imidazole rings is 1. The smallest absolute Gasteiger partial charge is 0.389 e. The summed E-state index contributed by atoms with van der Waals surface area (Å²) in [7, 11) is 8.56. The number of nitrogens with zero attached hydrogens (tertiary/aromatic N) is 7. The first-order valence-corrected chi connectivity index (χ1v) is 21.7. The van der Waals surface area contributed by atoms with Gasteiger partial charge in [0.15, 0.2) is 0 Å². The number of fused-ring (bicyclic) bond motifs is 2. The van der Waals surface area contributed by atoms with Gasteiger partial charge in [0.25, 0.3) is 0 Å². The minimum Gasteiger partial charge on any atom is -0.455 e. The van der Waals surface area contributed by atoms with Crippen LogP contribution >= 0.6 is 23.2 Å². The van der Waals surface area contributed by atoms with Gasteiger partial charge in [0.1, 0.15) is 35.2 Å². The molecule has 0 aliphatic carbocycles. The highest BCUT2D eigenvalue weighted by Gasteiger charge is 2.48. The Balaban J connectivity index is 1.37. The number of carbonyl (C=O) groups excluding carboxylic acids is 4. The number of rotatable bonds is 12. The summed E-state index contributed by atoms with van der Waals surface area (Å²) >= 11 is 12.5. The topological polar surface area (TPSA) is 142 Å². The van der Waals surface area contributed by atoms with Crippen LogP contribution in [0.4, 0.5) is 17.6 Å². The second-order valence-corrected chi connectivity index (χ2v) is 17.8. The zero-order valence-electron chi connectivity index (χ0n) is 36.9. The molecule has 0 unspecified atom stereocenters. The van der Waals surface area contributed by atoms with E-state index >= 15 is 4.39 Å². The number of amides is 4. The van der Waals surface area contributed by atoms with E-state index in [2.05, 4.69) is 15.3 Å². The lowest BCUT2D eigenvalue weighted by molar-refractivity contribution is -0.166. The Kier molecular flexibility index (Phi) is 15.5. The van der Waals surface area contributed by atoms with Crippen LogP contribution in [0.1, 0.15) is 49.6 Å². The minimum absolute atomic E-state index is 0.0657. The van der Waals surface area contributed by atoms with E-state index in [4.69, 9.17) is 32.7 Å². The first-order valence-electron chi connectivity index (χ1n) is 20.9. The number of ether oxygens (including phenoxy) is 2. The number of hydrogen-bond acceptors (Lipinski definition) is 9. The molecule has 2 aromatic heterocycles. The maximum atomic E-state index is 16.1. The Morgan fingerprint density at radius 1 is 0.969 bits per heavy atom. The number of carbonyl (C=O) groups is 4. The molecule has 4 heterocycles. The highest BCUT2D eigenvalue weighted by atomic mass is 35.5. The molecule has 2 fully saturated rings. The van der Waals surface area contributed by atoms with Gasteiger partial charge in [-0.15, -0.1) is 0 Å². The molecule has 350 valence electrons. The standard InChI is InChI=1S/C45H52Cl2F4N8O6/c1-27-41(61)54-36(25-64-6)43(63)57(5)44(19-28-8-10-30(46)11-9-28)14-7-15-58(26-44)42(62)29(20-45(49,50)51)16-40(60)59(27)23-33-34(48)17-31(47)18-38(33)65-32-12-13-35(52-21-32)37-22-53-39(56(37)4)24-55(2)3/h8-13,17-18,21-22,27,29,36H,7,14-16,19-20,23-26H2,1-6H3,(H,54,61)/t27-,29+,36+,44-/m1/s1. The molecule has 0 spiro atoms. The first-order chi connectivity index (χ1) is 30.7. The van der Waals surface area contributed by atoms with Crippen molar-refractivity contribution in [3.8, 4) is 22.9 Å². The molecule has 4 aromatic rings. The van der Waals surface area contributed by atoms with E-state index < -0.39 is 78.5 Å². The Morgan fingerprint density at radius 2 is 1.69 bits per heavy atom. The molecule has 4 atom stereocenters. The van der Waals surface area contributed by atoms with Crippen molar-refractivity contribution in [3.63, 3.8) is 0 Å². The monoisotopic (exact) mass is 946 g/mol. The zero-order chi connectivity index (χ0) is 47.4. The molecule has 2 saturated heterocycles. The molecule has 2 aliphatic heterocycles. The van der Waals surface area contributed by atoms with E-state index in [0.717, 1.165) is 28.0 Å². The fourth-order valence-corrected chi connectivity index (χ4v) is 8.77. The van der Waals surface area contributed by atoms with Crippen LogP contribution in [0.5, 0.6) is 11.5 Å². The predicted octanol–water partition coefficient (Wildman–Crippen LogP) is 6.66. The van der Waals surface area contributed by atoms with E-state index in [9.17, 15) is 32.3 Å². The van der Waals surface area contributed by atoms with Crippen LogP contribution in [0.15, 0.2) is 60.9 Å². The molecule has 2 bridgehead atoms. The molecule has 0 saturated carbocycles. The molecule has 14 nitrogen and oxygen atoms in total. The van der Waals surface area contributed by atoms with Crippen LogP contribution in [0, 0.1) is 11.7 Å². The van der Waals surface area contributed by atoms with Crippen LogP contribution in [-0.2, 0) is 50.5 Å². The number of halogens is 6. The lowest BCUT2D eigenvalue weighted by atomic mass is 9.80. The average molecular weight is 948 g/mol. The van der Waals surface area contributed by atoms with Crippen molar-refractivity contribution in [2.45, 2.75) is 75.9 Å². The van der Waals surface area contributed by atoms with Crippen LogP contribution in [0.25, 0.3) is 11.4 Å². The number of pyridine rings is 1. The summed E-state index contributed by atoms with van der Waals surface area (Å²) in [5.41, 5.74) is 0.598. The normalized spacial score (nSPS) is 21.5. The van der Waals surface area contributed by atoms with E-state index in [0.29, 0.717) is 30.1 Å². The Hall–Kier alpha value is -5.30. The number of nitrogens with one attached hydrogen (secondary N) is 1. The van der Waals surface area contributed by atoms with Crippen molar-refractivity contribution in [3.05, 3.63) is 93.7 Å². The second-order valence-electron chi connectivity index (χ2n) is 16.9. The Bertz CT molecular complexity index is 2370. The largest absolute Gasteiger partial charge is 0.455 e. The molecule has 65 heavy (non-hydrogen) atoms. The third-order valence-corrected chi connectivity index (χ3v) is 12.4. The van der Waals surface area contributed by atoms with Crippen LogP contribution in [0.2, 0.25) is 10.0 Å². The first kappa shape index (κ1) is 49.1. The van der Waals surface area contributed by atoms with Gasteiger partial charge in [-0.3, -0.25) is 24.2 Å². The van der Waals surface area contributed by atoms with E-state index in [1.165, 1.54) is 43.1 Å². The summed E-state index contributed by atoms with van der Waals surface area (Å²) < 4.78 is 72.6. The van der Waals surface area contributed by atoms with E-state index in [1.54, 1.807) is 42.6 Å². The van der Waals surface area contributed by atoms with E-state index in [1.807, 2.05) is 30.6 Å². The van der Waals surface area contributed by atoms with Gasteiger partial charge in [0, 0.05) is 56.3 Å². The van der Waals surface area contributed by atoms with Crippen LogP contribution in [-0.4, -0.2) is 130 Å². The predicted molar refractivity (Wildman–Crippen MR) is 234 cm³/mol. The molecule has 0 radical (unpaired) electrons. The molecule has 2 aromatic carbocycles. The lowest BCUT2D eigenvalue weighted by Crippen LogP contribution is -2.65. The Morgan fingerprint density at radius 3 is 2.34 bits per heavy atom. The van der Waals surface area contributed by atoms with Gasteiger partial charge in [0.05, 0.1) is 61.4 Å². The van der Waals surface area contributed by atoms with Crippen molar-refractivity contribution in [1.82, 2.24) is 39.5 Å². The fraction of sp³-hybridized carbons (Fsp3) is 0.467. The highest BCUT2D eigenvalue weighted by molar-refractivity contribution is 6.31. The zero-order valence-corrected chi connectivity index (χ0v) is 38.4. The summed E-state index contributed by atoms with van der Waals surface area (Å²) in [6.07, 6.45) is -3.57. The SMILES string of the molecule is COC[C@@H]1NC(=O)[C@@H](C)N(Cc2c(F)cc(Cl)cc2Oc2ccc(-c3cnc(CN(C)C)n3C)nc2)C(=O)C[C@@H](CC(F)(F)F)C(=O)N2CCC[C@@](Cc3ccc(Cl)cc3)(C2)N(C)C1=O. The van der Waals surface area contributed by atoms with Gasteiger partial charge in [-0.05, 0) is 82.2 Å². The third kappa shape index (κ3) is 11.8. The molecular weight excluding hydrogens is 895 g/mol. The minimum atomic E-state index is -4.88. The molecule has 4 amide bonds. The maximum Gasteiger partial charge on any atom is 0.389 e. The van der Waals surface area contributed by atoms with Crippen molar-refractivity contribution in [2.24, 2.45) is 13.0 Å². The van der Waals surface area contributed by atoms with Crippen LogP contribution in [0.3, 0.4) is 0 Å². The molecule has 20 heteroatoms. The third-order valence-electron chi connectivity index (χ3n) is 11.9. The quantitative estimate of drug-likeness (QED) is 0.154. The van der Waals surface area contributed by atoms with Crippen LogP contribution < -0.4 is 10.1 Å². The van der Waals surface area contributed by atoms with Crippen molar-refractivity contribution in [2.75, 3.05) is 47.9 Å². The van der Waals surface area contributed by atoms with Gasteiger partial charge in [-0.1, -0.05) is 35.3 Å². The van der Waals surface area contributed by atoms with Crippen molar-refractivity contribution < 1.29 is 46.2 Å². The number of likely N-dealkylation sites (N-methyl/N-ethyl adjacent to an activating group) is 1. The van der Waals surface area contributed by atoms with Gasteiger partial charge in [-0.25, -0.2) is 9.37 Å². The van der Waals surface area contributed by atoms with Gasteiger partial charge in [0.2, 0.25) is 23.6 Å². The van der Waals surface area contributed by atoms with Gasteiger partial charge >= 0.3 is 6.18 Å². The molecule has 6 rings (SSSR count). The van der Waals surface area contributed by atoms with Crippen molar-refractivity contribution >= 4 is 46.8 Å². The lowest BCUT2D eigenvalue weighted by Gasteiger charge is -2.50. The maximum absolute atomic E-state index is 16.1.